The summed E-state index contributed by atoms with van der Waals surface area (Å²) in [5, 5.41) is 0. The summed E-state index contributed by atoms with van der Waals surface area (Å²) in [6.45, 7) is 2.94. The predicted octanol–water partition coefficient (Wildman–Crippen LogP) is 8.51. The topological polar surface area (TPSA) is 12.5 Å². The molecule has 0 radical (unpaired) electrons. The van der Waals surface area contributed by atoms with Crippen molar-refractivity contribution in [1.29, 1.82) is 0 Å². The number of hydrogen-bond donors (Lipinski definition) is 0. The van der Waals surface area contributed by atoms with Gasteiger partial charge in [0.2, 0.25) is 0 Å². The molecule has 0 fully saturated rings. The molecule has 0 unspecified atom stereocenters. The Labute approximate surface area is 191 Å². The minimum Gasteiger partial charge on any atom is -0.494 e. The maximum atomic E-state index is 5.78. The average Bonchev–Trinajstić information content (AvgIpc) is 2.86. The Bertz CT molecular complexity index is 1080. The molecule has 2 nitrogen and oxygen atoms in total. The second-order valence-electron chi connectivity index (χ2n) is 7.67. The van der Waals surface area contributed by atoms with E-state index in [1.54, 1.807) is 0 Å². The number of para-hydroxylation sites is 3. The van der Waals surface area contributed by atoms with Crippen molar-refractivity contribution in [3.05, 3.63) is 120 Å². The highest BCUT2D eigenvalue weighted by Gasteiger charge is 2.14. The summed E-state index contributed by atoms with van der Waals surface area (Å²) in [5.74, 6) is 0.926. The van der Waals surface area contributed by atoms with E-state index >= 15 is 0 Å². The van der Waals surface area contributed by atoms with Gasteiger partial charge in [0.25, 0.3) is 0 Å². The Morgan fingerprint density at radius 3 is 1.88 bits per heavy atom. The van der Waals surface area contributed by atoms with Crippen LogP contribution in [0.5, 0.6) is 5.75 Å². The lowest BCUT2D eigenvalue weighted by Gasteiger charge is -2.27. The molecule has 0 saturated carbocycles. The Kier molecular flexibility index (Phi) is 7.38. The van der Waals surface area contributed by atoms with Crippen molar-refractivity contribution < 1.29 is 4.74 Å². The Morgan fingerprint density at radius 1 is 0.656 bits per heavy atom. The fraction of sp³-hybridized carbons (Fsp3) is 0.133. The minimum atomic E-state index is 0.772. The van der Waals surface area contributed by atoms with Gasteiger partial charge in [-0.2, -0.15) is 0 Å². The molecule has 0 amide bonds. The third-order valence-electron chi connectivity index (χ3n) is 5.31. The van der Waals surface area contributed by atoms with E-state index in [4.69, 9.17) is 4.74 Å². The number of benzene rings is 4. The average molecular weight is 420 g/mol. The third-order valence-corrected chi connectivity index (χ3v) is 5.31. The first-order chi connectivity index (χ1) is 15.8. The smallest absolute Gasteiger partial charge is 0.119 e. The van der Waals surface area contributed by atoms with Crippen LogP contribution in [0.4, 0.5) is 17.1 Å². The SMILES string of the molecule is CCCCOc1ccc(C=Cc2ccccc2N(c2ccccc2)c2ccccc2)cc1. The van der Waals surface area contributed by atoms with Gasteiger partial charge in [-0.3, -0.25) is 0 Å². The summed E-state index contributed by atoms with van der Waals surface area (Å²) in [5.41, 5.74) is 5.71. The van der Waals surface area contributed by atoms with E-state index < -0.39 is 0 Å². The van der Waals surface area contributed by atoms with Crippen LogP contribution in [-0.2, 0) is 0 Å². The van der Waals surface area contributed by atoms with E-state index in [0.717, 1.165) is 53.4 Å². The zero-order chi connectivity index (χ0) is 22.0. The zero-order valence-electron chi connectivity index (χ0n) is 18.5. The predicted molar refractivity (Wildman–Crippen MR) is 137 cm³/mol. The summed E-state index contributed by atoms with van der Waals surface area (Å²) in [6, 6.07) is 37.8. The molecule has 0 aliphatic carbocycles. The van der Waals surface area contributed by atoms with E-state index in [-0.39, 0.29) is 0 Å². The first-order valence-corrected chi connectivity index (χ1v) is 11.3. The van der Waals surface area contributed by atoms with Gasteiger partial charge in [0.1, 0.15) is 5.75 Å². The first-order valence-electron chi connectivity index (χ1n) is 11.3. The van der Waals surface area contributed by atoms with Gasteiger partial charge in [0.05, 0.1) is 12.3 Å². The lowest BCUT2D eigenvalue weighted by Crippen LogP contribution is -2.10. The maximum Gasteiger partial charge on any atom is 0.119 e. The van der Waals surface area contributed by atoms with Crippen LogP contribution in [0.1, 0.15) is 30.9 Å². The summed E-state index contributed by atoms with van der Waals surface area (Å²) in [7, 11) is 0. The quantitative estimate of drug-likeness (QED) is 0.199. The molecule has 0 N–H and O–H groups in total. The zero-order valence-corrected chi connectivity index (χ0v) is 18.5. The highest BCUT2D eigenvalue weighted by atomic mass is 16.5. The lowest BCUT2D eigenvalue weighted by molar-refractivity contribution is 0.309. The van der Waals surface area contributed by atoms with Crippen LogP contribution in [0.3, 0.4) is 0 Å². The van der Waals surface area contributed by atoms with Gasteiger partial charge in [-0.1, -0.05) is 92.2 Å². The van der Waals surface area contributed by atoms with Crippen LogP contribution in [0.2, 0.25) is 0 Å². The van der Waals surface area contributed by atoms with Crippen molar-refractivity contribution in [3.63, 3.8) is 0 Å². The largest absolute Gasteiger partial charge is 0.494 e. The third kappa shape index (κ3) is 5.47. The normalized spacial score (nSPS) is 10.9. The molecule has 0 aliphatic heterocycles. The van der Waals surface area contributed by atoms with Crippen LogP contribution in [-0.4, -0.2) is 6.61 Å². The highest BCUT2D eigenvalue weighted by molar-refractivity contribution is 5.85. The maximum absolute atomic E-state index is 5.78. The molecule has 4 rings (SSSR count). The molecule has 32 heavy (non-hydrogen) atoms. The van der Waals surface area contributed by atoms with E-state index in [1.807, 2.05) is 24.3 Å². The summed E-state index contributed by atoms with van der Waals surface area (Å²) in [4.78, 5) is 2.30. The highest BCUT2D eigenvalue weighted by Crippen LogP contribution is 2.36. The van der Waals surface area contributed by atoms with Gasteiger partial charge < -0.3 is 9.64 Å². The summed E-state index contributed by atoms with van der Waals surface area (Å²) < 4.78 is 5.78. The Morgan fingerprint density at radius 2 is 1.25 bits per heavy atom. The number of anilines is 3. The van der Waals surface area contributed by atoms with Crippen molar-refractivity contribution in [2.24, 2.45) is 0 Å². The first kappa shape index (κ1) is 21.5. The molecular weight excluding hydrogens is 390 g/mol. The molecule has 0 heterocycles. The van der Waals surface area contributed by atoms with Crippen LogP contribution < -0.4 is 9.64 Å². The molecule has 0 aromatic heterocycles. The molecule has 4 aromatic rings. The minimum absolute atomic E-state index is 0.772. The van der Waals surface area contributed by atoms with Crippen molar-refractivity contribution >= 4 is 29.2 Å². The number of hydrogen-bond acceptors (Lipinski definition) is 2. The van der Waals surface area contributed by atoms with Gasteiger partial charge in [0.15, 0.2) is 0 Å². The summed E-state index contributed by atoms with van der Waals surface area (Å²) >= 11 is 0. The van der Waals surface area contributed by atoms with Gasteiger partial charge in [-0.15, -0.1) is 0 Å². The van der Waals surface area contributed by atoms with Crippen molar-refractivity contribution in [3.8, 4) is 5.75 Å². The monoisotopic (exact) mass is 419 g/mol. The molecule has 0 saturated heterocycles. The van der Waals surface area contributed by atoms with Crippen LogP contribution in [0.15, 0.2) is 109 Å². The van der Waals surface area contributed by atoms with Crippen molar-refractivity contribution in [2.75, 3.05) is 11.5 Å². The van der Waals surface area contributed by atoms with Crippen LogP contribution >= 0.6 is 0 Å². The van der Waals surface area contributed by atoms with Gasteiger partial charge in [-0.05, 0) is 60.0 Å². The van der Waals surface area contributed by atoms with Crippen LogP contribution in [0, 0.1) is 0 Å². The van der Waals surface area contributed by atoms with Gasteiger partial charge in [-0.25, -0.2) is 0 Å². The number of rotatable bonds is 9. The van der Waals surface area contributed by atoms with E-state index in [0.29, 0.717) is 0 Å². The van der Waals surface area contributed by atoms with E-state index in [9.17, 15) is 0 Å². The summed E-state index contributed by atoms with van der Waals surface area (Å²) in [6.07, 6.45) is 6.56. The second kappa shape index (κ2) is 11.0. The Balaban J connectivity index is 1.63. The molecule has 0 atom stereocenters. The van der Waals surface area contributed by atoms with E-state index in [2.05, 4.69) is 109 Å². The number of unbranched alkanes of at least 4 members (excludes halogenated alkanes) is 1. The number of ether oxygens (including phenoxy) is 1. The fourth-order valence-corrected chi connectivity index (χ4v) is 3.61. The molecule has 2 heteroatoms. The van der Waals surface area contributed by atoms with Crippen molar-refractivity contribution in [2.45, 2.75) is 19.8 Å². The van der Waals surface area contributed by atoms with Crippen LogP contribution in [0.25, 0.3) is 12.2 Å². The van der Waals surface area contributed by atoms with Crippen molar-refractivity contribution in [1.82, 2.24) is 0 Å². The standard InChI is InChI=1S/C30H29NO/c1-2-3-24-32-29-22-19-25(20-23-29)18-21-26-12-10-11-17-30(26)31(27-13-6-4-7-14-27)28-15-8-5-9-16-28/h4-23H,2-3,24H2,1H3. The van der Waals surface area contributed by atoms with E-state index in [1.165, 1.54) is 0 Å². The molecule has 160 valence electrons. The number of nitrogens with zero attached hydrogens (tertiary/aromatic N) is 1. The van der Waals surface area contributed by atoms with Gasteiger partial charge in [0, 0.05) is 11.4 Å². The molecule has 0 spiro atoms. The second-order valence-corrected chi connectivity index (χ2v) is 7.67. The molecule has 4 aromatic carbocycles. The molecule has 0 aliphatic rings. The molecular formula is C30H29NO. The molecule has 0 bridgehead atoms. The lowest BCUT2D eigenvalue weighted by atomic mass is 10.1. The fourth-order valence-electron chi connectivity index (χ4n) is 3.61. The van der Waals surface area contributed by atoms with Gasteiger partial charge >= 0.3 is 0 Å². The Hall–Kier alpha value is -3.78.